The van der Waals surface area contributed by atoms with E-state index in [-0.39, 0.29) is 0 Å². The topological polar surface area (TPSA) is 12.9 Å². The molecule has 1 rings (SSSR count). The van der Waals surface area contributed by atoms with Gasteiger partial charge in [0.1, 0.15) is 5.15 Å². The second-order valence-electron chi connectivity index (χ2n) is 1.82. The van der Waals surface area contributed by atoms with Crippen LogP contribution in [0.1, 0.15) is 5.56 Å². The van der Waals surface area contributed by atoms with E-state index in [0.29, 0.717) is 10.7 Å². The van der Waals surface area contributed by atoms with Crippen LogP contribution in [-0.2, 0) is 0 Å². The Hall–Kier alpha value is -0.410. The maximum atomic E-state index is 12.3. The Morgan fingerprint density at radius 3 is 3.00 bits per heavy atom. The third-order valence-corrected chi connectivity index (χ3v) is 1.60. The van der Waals surface area contributed by atoms with E-state index >= 15 is 0 Å². The maximum absolute atomic E-state index is 12.3. The largest absolute Gasteiger partial charge is 0.244 e. The van der Waals surface area contributed by atoms with Gasteiger partial charge in [-0.25, -0.2) is 4.98 Å². The average molecular weight is 236 g/mol. The van der Waals surface area contributed by atoms with Crippen molar-refractivity contribution in [2.75, 3.05) is 0 Å². The Labute approximate surface area is 77.0 Å². The average Bonchev–Trinajstić information content (AvgIpc) is 1.93. The molecule has 4 heteroatoms. The predicted molar refractivity (Wildman–Crippen MR) is 47.3 cm³/mol. The molecule has 0 radical (unpaired) electrons. The summed E-state index contributed by atoms with van der Waals surface area (Å²) in [6.45, 7) is 0. The monoisotopic (exact) mass is 235 g/mol. The van der Waals surface area contributed by atoms with Crippen LogP contribution in [0.15, 0.2) is 23.1 Å². The van der Waals surface area contributed by atoms with Gasteiger partial charge in [0, 0.05) is 11.8 Å². The van der Waals surface area contributed by atoms with Crippen molar-refractivity contribution in [1.82, 2.24) is 4.98 Å². The first-order chi connectivity index (χ1) is 5.20. The van der Waals surface area contributed by atoms with Crippen LogP contribution in [0.25, 0.3) is 6.08 Å². The smallest absolute Gasteiger partial charge is 0.166 e. The molecule has 1 heterocycles. The zero-order valence-corrected chi connectivity index (χ0v) is 7.73. The molecule has 1 aromatic heterocycles. The summed E-state index contributed by atoms with van der Waals surface area (Å²) >= 11 is 8.28. The molecule has 0 amide bonds. The lowest BCUT2D eigenvalue weighted by atomic mass is 10.3. The van der Waals surface area contributed by atoms with E-state index in [1.165, 1.54) is 6.08 Å². The summed E-state index contributed by atoms with van der Waals surface area (Å²) in [7, 11) is 0. The third-order valence-electron chi connectivity index (χ3n) is 1.05. The van der Waals surface area contributed by atoms with Crippen molar-refractivity contribution in [1.29, 1.82) is 0 Å². The number of pyridine rings is 1. The molecular weight excluding hydrogens is 232 g/mol. The van der Waals surface area contributed by atoms with Gasteiger partial charge < -0.3 is 0 Å². The van der Waals surface area contributed by atoms with E-state index in [1.54, 1.807) is 18.3 Å². The lowest BCUT2D eigenvalue weighted by Crippen LogP contribution is -1.78. The van der Waals surface area contributed by atoms with E-state index in [1.807, 2.05) is 0 Å². The Morgan fingerprint density at radius 2 is 2.45 bits per heavy atom. The molecule has 1 nitrogen and oxygen atoms in total. The summed E-state index contributed by atoms with van der Waals surface area (Å²) in [6.07, 6.45) is 2.81. The molecule has 0 bridgehead atoms. The minimum absolute atomic E-state index is 0.294. The molecule has 0 saturated carbocycles. The van der Waals surface area contributed by atoms with Gasteiger partial charge in [-0.3, -0.25) is 0 Å². The summed E-state index contributed by atoms with van der Waals surface area (Å²) in [5.41, 5.74) is 0.559. The van der Waals surface area contributed by atoms with Gasteiger partial charge in [0.2, 0.25) is 0 Å². The van der Waals surface area contributed by atoms with Crippen molar-refractivity contribution < 1.29 is 4.39 Å². The quantitative estimate of drug-likeness (QED) is 0.681. The Bertz CT molecular complexity index is 284. The standard InChI is InChI=1S/C7H4BrClFN/c8-6(10)4-5-2-1-3-11-7(5)9/h1-4H. The Balaban J connectivity index is 3.04. The van der Waals surface area contributed by atoms with Crippen LogP contribution in [0.4, 0.5) is 4.39 Å². The predicted octanol–water partition coefficient (Wildman–Crippen LogP) is 3.40. The highest BCUT2D eigenvalue weighted by molar-refractivity contribution is 9.11. The van der Waals surface area contributed by atoms with Crippen molar-refractivity contribution >= 4 is 33.6 Å². The van der Waals surface area contributed by atoms with Gasteiger partial charge in [0.15, 0.2) is 4.74 Å². The van der Waals surface area contributed by atoms with Crippen LogP contribution >= 0.6 is 27.5 Å². The molecule has 0 fully saturated rings. The molecule has 11 heavy (non-hydrogen) atoms. The normalized spacial score (nSPS) is 11.7. The summed E-state index contributed by atoms with van der Waals surface area (Å²) in [6, 6.07) is 3.36. The van der Waals surface area contributed by atoms with Crippen LogP contribution in [0.2, 0.25) is 5.15 Å². The Morgan fingerprint density at radius 1 is 1.73 bits per heavy atom. The van der Waals surface area contributed by atoms with Crippen molar-refractivity contribution in [2.24, 2.45) is 0 Å². The van der Waals surface area contributed by atoms with Gasteiger partial charge in [-0.15, -0.1) is 0 Å². The summed E-state index contributed by atoms with van der Waals surface area (Å²) in [4.78, 5) is 3.77. The van der Waals surface area contributed by atoms with E-state index in [0.717, 1.165) is 0 Å². The van der Waals surface area contributed by atoms with Crippen LogP contribution in [0.3, 0.4) is 0 Å². The number of halogens is 3. The first-order valence-corrected chi connectivity index (χ1v) is 4.00. The highest BCUT2D eigenvalue weighted by atomic mass is 79.9. The lowest BCUT2D eigenvalue weighted by Gasteiger charge is -1.93. The first-order valence-electron chi connectivity index (χ1n) is 2.83. The van der Waals surface area contributed by atoms with Crippen LogP contribution in [0, 0.1) is 0 Å². The molecule has 58 valence electrons. The fourth-order valence-corrected chi connectivity index (χ4v) is 1.04. The molecule has 0 saturated heterocycles. The van der Waals surface area contributed by atoms with E-state index in [9.17, 15) is 4.39 Å². The molecule has 0 aliphatic rings. The molecular formula is C7H4BrClFN. The van der Waals surface area contributed by atoms with E-state index in [4.69, 9.17) is 11.6 Å². The summed E-state index contributed by atoms with van der Waals surface area (Å²) < 4.78 is 11.8. The van der Waals surface area contributed by atoms with Gasteiger partial charge in [0.05, 0.1) is 0 Å². The van der Waals surface area contributed by atoms with Gasteiger partial charge in [0.25, 0.3) is 0 Å². The third kappa shape index (κ3) is 2.60. The first kappa shape index (κ1) is 8.68. The van der Waals surface area contributed by atoms with Crippen molar-refractivity contribution in [2.45, 2.75) is 0 Å². The van der Waals surface area contributed by atoms with Gasteiger partial charge in [-0.1, -0.05) is 17.7 Å². The molecule has 1 aromatic rings. The molecule has 0 atom stereocenters. The van der Waals surface area contributed by atoms with Crippen molar-refractivity contribution in [3.05, 3.63) is 33.8 Å². The van der Waals surface area contributed by atoms with E-state index < -0.39 is 4.74 Å². The van der Waals surface area contributed by atoms with Gasteiger partial charge >= 0.3 is 0 Å². The highest BCUT2D eigenvalue weighted by Crippen LogP contribution is 2.18. The zero-order valence-electron chi connectivity index (χ0n) is 5.39. The molecule has 0 N–H and O–H groups in total. The molecule has 0 aromatic carbocycles. The summed E-state index contributed by atoms with van der Waals surface area (Å²) in [5.74, 6) is 0. The molecule has 0 aliphatic heterocycles. The van der Waals surface area contributed by atoms with Crippen molar-refractivity contribution in [3.63, 3.8) is 0 Å². The second-order valence-corrected chi connectivity index (χ2v) is 2.93. The Kier molecular flexibility index (Phi) is 3.02. The second kappa shape index (κ2) is 3.83. The van der Waals surface area contributed by atoms with Gasteiger partial charge in [-0.2, -0.15) is 4.39 Å². The number of hydrogen-bond donors (Lipinski definition) is 0. The number of hydrogen-bond acceptors (Lipinski definition) is 1. The molecule has 0 unspecified atom stereocenters. The van der Waals surface area contributed by atoms with Crippen LogP contribution in [0.5, 0.6) is 0 Å². The van der Waals surface area contributed by atoms with Crippen LogP contribution < -0.4 is 0 Å². The minimum atomic E-state index is -0.465. The zero-order chi connectivity index (χ0) is 8.27. The van der Waals surface area contributed by atoms with E-state index in [2.05, 4.69) is 20.9 Å². The lowest BCUT2D eigenvalue weighted by molar-refractivity contribution is 0.711. The number of nitrogens with zero attached hydrogens (tertiary/aromatic N) is 1. The molecule has 0 spiro atoms. The van der Waals surface area contributed by atoms with Crippen LogP contribution in [-0.4, -0.2) is 4.98 Å². The number of rotatable bonds is 1. The maximum Gasteiger partial charge on any atom is 0.166 e. The highest BCUT2D eigenvalue weighted by Gasteiger charge is 1.96. The molecule has 0 aliphatic carbocycles. The summed E-state index contributed by atoms with van der Waals surface area (Å²) in [5, 5.41) is 0.294. The van der Waals surface area contributed by atoms with Crippen molar-refractivity contribution in [3.8, 4) is 0 Å². The fourth-order valence-electron chi connectivity index (χ4n) is 0.624. The fraction of sp³-hybridized carbons (Fsp3) is 0. The SMILES string of the molecule is FC(Br)=Cc1cccnc1Cl. The minimum Gasteiger partial charge on any atom is -0.244 e. The number of aromatic nitrogens is 1. The van der Waals surface area contributed by atoms with Gasteiger partial charge in [-0.05, 0) is 28.1 Å².